The van der Waals surface area contributed by atoms with Crippen molar-refractivity contribution in [3.8, 4) is 0 Å². The van der Waals surface area contributed by atoms with Crippen LogP contribution in [0.2, 0.25) is 0 Å². The summed E-state index contributed by atoms with van der Waals surface area (Å²) in [6.07, 6.45) is 3.99. The van der Waals surface area contributed by atoms with Gasteiger partial charge in [-0.05, 0) is 49.8 Å². The van der Waals surface area contributed by atoms with Gasteiger partial charge in [0.15, 0.2) is 0 Å². The van der Waals surface area contributed by atoms with E-state index >= 15 is 0 Å². The summed E-state index contributed by atoms with van der Waals surface area (Å²) in [6.45, 7) is 0.0941. The van der Waals surface area contributed by atoms with E-state index in [-0.39, 0.29) is 19.4 Å². The van der Waals surface area contributed by atoms with Gasteiger partial charge in [-0.2, -0.15) is 11.8 Å². The number of rotatable bonds is 16. The SMILES string of the molecule is CSCCC(N)C(=O)NCC(=O)NC(CCCCN)C(=O)NC(Cc1ccccc1)C(=O)O. The molecular formula is C22H35N5O5S. The first-order valence-electron chi connectivity index (χ1n) is 10.9. The first-order valence-corrected chi connectivity index (χ1v) is 12.3. The number of carbonyl (C=O) groups is 4. The maximum atomic E-state index is 12.8. The fraction of sp³-hybridized carbons (Fsp3) is 0.545. The Hall–Kier alpha value is -2.63. The van der Waals surface area contributed by atoms with Gasteiger partial charge in [-0.15, -0.1) is 0 Å². The van der Waals surface area contributed by atoms with Crippen LogP contribution in [0.15, 0.2) is 30.3 Å². The van der Waals surface area contributed by atoms with E-state index in [1.165, 1.54) is 0 Å². The fourth-order valence-electron chi connectivity index (χ4n) is 3.00. The van der Waals surface area contributed by atoms with Gasteiger partial charge < -0.3 is 32.5 Å². The molecule has 0 aliphatic rings. The summed E-state index contributed by atoms with van der Waals surface area (Å²) in [5.41, 5.74) is 12.1. The van der Waals surface area contributed by atoms with Crippen molar-refractivity contribution < 1.29 is 24.3 Å². The van der Waals surface area contributed by atoms with Crippen molar-refractivity contribution >= 4 is 35.5 Å². The normalized spacial score (nSPS) is 13.4. The van der Waals surface area contributed by atoms with Gasteiger partial charge in [0, 0.05) is 6.42 Å². The van der Waals surface area contributed by atoms with Crippen LogP contribution in [0.4, 0.5) is 0 Å². The summed E-state index contributed by atoms with van der Waals surface area (Å²) in [5, 5.41) is 17.1. The number of unbranched alkanes of at least 4 members (excludes halogenated alkanes) is 1. The monoisotopic (exact) mass is 481 g/mol. The highest BCUT2D eigenvalue weighted by atomic mass is 32.2. The van der Waals surface area contributed by atoms with E-state index in [1.54, 1.807) is 36.0 Å². The fourth-order valence-corrected chi connectivity index (χ4v) is 3.49. The van der Waals surface area contributed by atoms with Crippen LogP contribution < -0.4 is 27.4 Å². The van der Waals surface area contributed by atoms with Gasteiger partial charge in [0.05, 0.1) is 12.6 Å². The average molecular weight is 482 g/mol. The quantitative estimate of drug-likeness (QED) is 0.173. The number of hydrogen-bond donors (Lipinski definition) is 6. The summed E-state index contributed by atoms with van der Waals surface area (Å²) in [4.78, 5) is 48.8. The predicted molar refractivity (Wildman–Crippen MR) is 129 cm³/mol. The highest BCUT2D eigenvalue weighted by molar-refractivity contribution is 7.98. The van der Waals surface area contributed by atoms with Crippen LogP contribution in [-0.4, -0.2) is 72.0 Å². The lowest BCUT2D eigenvalue weighted by atomic mass is 10.0. The van der Waals surface area contributed by atoms with Gasteiger partial charge in [-0.3, -0.25) is 14.4 Å². The summed E-state index contributed by atoms with van der Waals surface area (Å²) >= 11 is 1.57. The van der Waals surface area contributed by atoms with E-state index in [0.29, 0.717) is 25.8 Å². The number of nitrogens with one attached hydrogen (secondary N) is 3. The number of aliphatic carboxylic acids is 1. The first-order chi connectivity index (χ1) is 15.8. The summed E-state index contributed by atoms with van der Waals surface area (Å²) < 4.78 is 0. The smallest absolute Gasteiger partial charge is 0.326 e. The second-order valence-corrected chi connectivity index (χ2v) is 8.59. The number of carbonyl (C=O) groups excluding carboxylic acids is 3. The molecule has 0 saturated heterocycles. The molecule has 10 nitrogen and oxygen atoms in total. The lowest BCUT2D eigenvalue weighted by Crippen LogP contribution is -2.54. The van der Waals surface area contributed by atoms with E-state index in [4.69, 9.17) is 11.5 Å². The molecule has 1 aromatic rings. The zero-order valence-corrected chi connectivity index (χ0v) is 19.7. The number of benzene rings is 1. The van der Waals surface area contributed by atoms with E-state index < -0.39 is 41.8 Å². The number of hydrogen-bond acceptors (Lipinski definition) is 7. The third-order valence-corrected chi connectivity index (χ3v) is 5.53. The Balaban J connectivity index is 2.71. The molecule has 0 aliphatic carbocycles. The van der Waals surface area contributed by atoms with Gasteiger partial charge in [-0.1, -0.05) is 30.3 Å². The van der Waals surface area contributed by atoms with Crippen LogP contribution in [-0.2, 0) is 25.6 Å². The number of amides is 3. The first kappa shape index (κ1) is 28.4. The lowest BCUT2D eigenvalue weighted by molar-refractivity contribution is -0.142. The molecule has 8 N–H and O–H groups in total. The number of thioether (sulfide) groups is 1. The molecule has 3 unspecified atom stereocenters. The van der Waals surface area contributed by atoms with Crippen molar-refractivity contribution in [3.05, 3.63) is 35.9 Å². The molecule has 184 valence electrons. The van der Waals surface area contributed by atoms with Crippen molar-refractivity contribution in [3.63, 3.8) is 0 Å². The Bertz CT molecular complexity index is 765. The molecule has 1 rings (SSSR count). The lowest BCUT2D eigenvalue weighted by Gasteiger charge is -2.22. The van der Waals surface area contributed by atoms with Crippen LogP contribution in [0.1, 0.15) is 31.2 Å². The van der Waals surface area contributed by atoms with Crippen molar-refractivity contribution in [2.75, 3.05) is 25.1 Å². The number of nitrogens with two attached hydrogens (primary N) is 2. The Morgan fingerprint density at radius 2 is 1.70 bits per heavy atom. The van der Waals surface area contributed by atoms with Crippen molar-refractivity contribution in [1.82, 2.24) is 16.0 Å². The minimum absolute atomic E-state index is 0.107. The number of carboxylic acid groups (broad SMARTS) is 1. The Morgan fingerprint density at radius 1 is 1.00 bits per heavy atom. The topological polar surface area (TPSA) is 177 Å². The third kappa shape index (κ3) is 11.7. The molecule has 0 aromatic heterocycles. The Morgan fingerprint density at radius 3 is 2.30 bits per heavy atom. The highest BCUT2D eigenvalue weighted by Gasteiger charge is 2.26. The zero-order chi connectivity index (χ0) is 24.6. The predicted octanol–water partition coefficient (Wildman–Crippen LogP) is -0.391. The van der Waals surface area contributed by atoms with Crippen LogP contribution in [0.5, 0.6) is 0 Å². The molecule has 33 heavy (non-hydrogen) atoms. The molecule has 0 radical (unpaired) electrons. The molecular weight excluding hydrogens is 446 g/mol. The highest BCUT2D eigenvalue weighted by Crippen LogP contribution is 2.06. The molecule has 0 heterocycles. The van der Waals surface area contributed by atoms with Crippen LogP contribution in [0.25, 0.3) is 0 Å². The van der Waals surface area contributed by atoms with Crippen LogP contribution in [0.3, 0.4) is 0 Å². The van der Waals surface area contributed by atoms with Crippen molar-refractivity contribution in [2.45, 2.75) is 50.2 Å². The Kier molecular flexibility index (Phi) is 13.8. The van der Waals surface area contributed by atoms with Gasteiger partial charge in [0.1, 0.15) is 12.1 Å². The van der Waals surface area contributed by atoms with Crippen LogP contribution in [0, 0.1) is 0 Å². The molecule has 3 amide bonds. The number of carboxylic acids is 1. The van der Waals surface area contributed by atoms with E-state index in [9.17, 15) is 24.3 Å². The van der Waals surface area contributed by atoms with E-state index in [0.717, 1.165) is 11.3 Å². The summed E-state index contributed by atoms with van der Waals surface area (Å²) in [5.74, 6) is -2.07. The molecule has 0 spiro atoms. The minimum Gasteiger partial charge on any atom is -0.480 e. The molecule has 3 atom stereocenters. The Labute approximate surface area is 198 Å². The van der Waals surface area contributed by atoms with E-state index in [2.05, 4.69) is 16.0 Å². The molecule has 1 aromatic carbocycles. The average Bonchev–Trinajstić information content (AvgIpc) is 2.80. The standard InChI is InChI=1S/C22H35N5O5S/c1-33-12-10-16(24)20(29)25-14-19(28)26-17(9-5-6-11-23)21(30)27-18(22(31)32)13-15-7-3-2-4-8-15/h2-4,7-8,16-18H,5-6,9-14,23-24H2,1H3,(H,25,29)(H,26,28)(H,27,30)(H,31,32). The van der Waals surface area contributed by atoms with Gasteiger partial charge >= 0.3 is 5.97 Å². The second-order valence-electron chi connectivity index (χ2n) is 7.60. The van der Waals surface area contributed by atoms with E-state index in [1.807, 2.05) is 12.3 Å². The zero-order valence-electron chi connectivity index (χ0n) is 18.9. The second kappa shape index (κ2) is 16.1. The minimum atomic E-state index is -1.18. The van der Waals surface area contributed by atoms with Crippen molar-refractivity contribution in [2.24, 2.45) is 11.5 Å². The molecule has 0 saturated carbocycles. The summed E-state index contributed by atoms with van der Waals surface area (Å²) in [6, 6.07) is 6.11. The van der Waals surface area contributed by atoms with Gasteiger partial charge in [0.25, 0.3) is 0 Å². The molecule has 0 fully saturated rings. The molecule has 0 bridgehead atoms. The third-order valence-electron chi connectivity index (χ3n) is 4.89. The maximum Gasteiger partial charge on any atom is 0.326 e. The van der Waals surface area contributed by atoms with Gasteiger partial charge in [-0.25, -0.2) is 4.79 Å². The molecule has 11 heteroatoms. The maximum absolute atomic E-state index is 12.8. The van der Waals surface area contributed by atoms with Gasteiger partial charge in [0.2, 0.25) is 17.7 Å². The largest absolute Gasteiger partial charge is 0.480 e. The van der Waals surface area contributed by atoms with Crippen LogP contribution >= 0.6 is 11.8 Å². The summed E-state index contributed by atoms with van der Waals surface area (Å²) in [7, 11) is 0. The van der Waals surface area contributed by atoms with Crippen molar-refractivity contribution in [1.29, 1.82) is 0 Å². The molecule has 0 aliphatic heterocycles.